The summed E-state index contributed by atoms with van der Waals surface area (Å²) in [6.45, 7) is 3.51. The Morgan fingerprint density at radius 3 is 2.78 bits per heavy atom. The van der Waals surface area contributed by atoms with Gasteiger partial charge in [-0.05, 0) is 19.1 Å². The van der Waals surface area contributed by atoms with Crippen molar-refractivity contribution >= 4 is 18.3 Å². The van der Waals surface area contributed by atoms with Gasteiger partial charge in [0.05, 0.1) is 17.5 Å². The van der Waals surface area contributed by atoms with Gasteiger partial charge in [-0.15, -0.1) is 17.5 Å². The number of hydrogen-bond donors (Lipinski definition) is 3. The van der Waals surface area contributed by atoms with Crippen molar-refractivity contribution in [3.63, 3.8) is 0 Å². The third-order valence-corrected chi connectivity index (χ3v) is 3.94. The summed E-state index contributed by atoms with van der Waals surface area (Å²) in [6.07, 6.45) is -0.415. The Morgan fingerprint density at radius 1 is 1.39 bits per heavy atom. The molecule has 2 heterocycles. The predicted molar refractivity (Wildman–Crippen MR) is 88.0 cm³/mol. The molecule has 3 rings (SSSR count). The van der Waals surface area contributed by atoms with Crippen molar-refractivity contribution in [2.45, 2.75) is 13.0 Å². The number of amides is 1. The van der Waals surface area contributed by atoms with E-state index in [9.17, 15) is 9.90 Å². The maximum absolute atomic E-state index is 12.2. The van der Waals surface area contributed by atoms with E-state index in [4.69, 9.17) is 0 Å². The van der Waals surface area contributed by atoms with Gasteiger partial charge in [0.25, 0.3) is 5.91 Å². The Hall–Kier alpha value is -1.96. The number of nitrogens with zero attached hydrogens (tertiary/aromatic N) is 3. The lowest BCUT2D eigenvalue weighted by molar-refractivity contribution is 0.0921. The second-order valence-corrected chi connectivity index (χ2v) is 5.47. The number of hydrogen-bond acceptors (Lipinski definition) is 5. The summed E-state index contributed by atoms with van der Waals surface area (Å²) in [6, 6.07) is 9.55. The van der Waals surface area contributed by atoms with Crippen LogP contribution in [0.2, 0.25) is 0 Å². The molecule has 0 radical (unpaired) electrons. The fraction of sp³-hybridized carbons (Fsp3) is 0.400. The Kier molecular flexibility index (Phi) is 5.70. The molecule has 0 bridgehead atoms. The zero-order valence-corrected chi connectivity index (χ0v) is 13.6. The molecule has 1 fully saturated rings. The summed E-state index contributed by atoms with van der Waals surface area (Å²) < 4.78 is 1.64. The van der Waals surface area contributed by atoms with Crippen LogP contribution in [-0.2, 0) is 0 Å². The van der Waals surface area contributed by atoms with Crippen molar-refractivity contribution in [3.8, 4) is 5.69 Å². The number of aliphatic hydroxyl groups is 1. The predicted octanol–water partition coefficient (Wildman–Crippen LogP) is 0.308. The van der Waals surface area contributed by atoms with E-state index < -0.39 is 6.10 Å². The Balaban J connectivity index is 0.00000192. The van der Waals surface area contributed by atoms with Gasteiger partial charge >= 0.3 is 0 Å². The third-order valence-electron chi connectivity index (χ3n) is 3.94. The van der Waals surface area contributed by atoms with Crippen LogP contribution in [0.25, 0.3) is 5.69 Å². The quantitative estimate of drug-likeness (QED) is 0.746. The first-order chi connectivity index (χ1) is 10.7. The highest BCUT2D eigenvalue weighted by Crippen LogP contribution is 2.12. The molecule has 1 aromatic carbocycles. The van der Waals surface area contributed by atoms with E-state index >= 15 is 0 Å². The number of rotatable bonds is 4. The number of aliphatic hydroxyl groups excluding tert-OH is 1. The third kappa shape index (κ3) is 3.69. The van der Waals surface area contributed by atoms with E-state index in [-0.39, 0.29) is 24.2 Å². The van der Waals surface area contributed by atoms with Crippen molar-refractivity contribution < 1.29 is 9.90 Å². The van der Waals surface area contributed by atoms with E-state index in [1.54, 1.807) is 4.68 Å². The fourth-order valence-electron chi connectivity index (χ4n) is 2.59. The molecule has 0 aliphatic carbocycles. The molecular weight excluding hydrogens is 318 g/mol. The van der Waals surface area contributed by atoms with Gasteiger partial charge in [0.15, 0.2) is 5.69 Å². The van der Waals surface area contributed by atoms with Gasteiger partial charge in [-0.1, -0.05) is 23.4 Å². The van der Waals surface area contributed by atoms with Gasteiger partial charge < -0.3 is 15.7 Å². The number of aromatic nitrogens is 3. The zero-order valence-electron chi connectivity index (χ0n) is 12.8. The first-order valence-electron chi connectivity index (χ1n) is 7.31. The van der Waals surface area contributed by atoms with E-state index in [1.165, 1.54) is 0 Å². The molecule has 1 aliphatic heterocycles. The molecule has 8 heteroatoms. The molecule has 2 aromatic rings. The number of nitrogens with one attached hydrogen (secondary N) is 2. The molecule has 3 N–H and O–H groups in total. The second kappa shape index (κ2) is 7.54. The van der Waals surface area contributed by atoms with Crippen molar-refractivity contribution in [1.82, 2.24) is 25.6 Å². The van der Waals surface area contributed by atoms with E-state index in [0.717, 1.165) is 5.69 Å². The van der Waals surface area contributed by atoms with Gasteiger partial charge in [0.1, 0.15) is 0 Å². The molecule has 0 saturated carbocycles. The number of halogens is 1. The number of para-hydroxylation sites is 1. The lowest BCUT2D eigenvalue weighted by Gasteiger charge is -2.13. The normalized spacial score (nSPS) is 20.1. The Morgan fingerprint density at radius 2 is 2.13 bits per heavy atom. The molecule has 124 valence electrons. The van der Waals surface area contributed by atoms with Gasteiger partial charge in [-0.25, -0.2) is 4.68 Å². The summed E-state index contributed by atoms with van der Waals surface area (Å²) in [5.74, 6) is -0.229. The summed E-state index contributed by atoms with van der Waals surface area (Å²) in [7, 11) is 0. The van der Waals surface area contributed by atoms with Crippen LogP contribution in [0, 0.1) is 12.8 Å². The standard InChI is InChI=1S/C15H19N5O2.ClH/c1-10-14(15(22)17-8-11-7-16-9-13(11)21)18-19-20(10)12-5-3-2-4-6-12;/h2-6,11,13,16,21H,7-9H2,1H3,(H,17,22);1H. The number of carbonyl (C=O) groups excluding carboxylic acids is 1. The number of β-amino-alcohol motifs (C(OH)–C–C–N with tert-alkyl or cyclic N) is 1. The van der Waals surface area contributed by atoms with Crippen LogP contribution < -0.4 is 10.6 Å². The maximum Gasteiger partial charge on any atom is 0.273 e. The van der Waals surface area contributed by atoms with Gasteiger partial charge in [-0.2, -0.15) is 0 Å². The SMILES string of the molecule is Cc1c(C(=O)NCC2CNCC2O)nnn1-c1ccccc1.Cl. The van der Waals surface area contributed by atoms with E-state index in [2.05, 4.69) is 20.9 Å². The van der Waals surface area contributed by atoms with Crippen LogP contribution in [-0.4, -0.2) is 51.7 Å². The lowest BCUT2D eigenvalue weighted by atomic mass is 10.1. The number of carbonyl (C=O) groups is 1. The number of benzene rings is 1. The highest BCUT2D eigenvalue weighted by atomic mass is 35.5. The smallest absolute Gasteiger partial charge is 0.273 e. The molecule has 7 nitrogen and oxygen atoms in total. The molecule has 0 spiro atoms. The minimum atomic E-state index is -0.415. The molecule has 1 amide bonds. The average molecular weight is 338 g/mol. The highest BCUT2D eigenvalue weighted by Gasteiger charge is 2.26. The van der Waals surface area contributed by atoms with Crippen LogP contribution in [0.3, 0.4) is 0 Å². The molecule has 1 aromatic heterocycles. The van der Waals surface area contributed by atoms with Crippen LogP contribution in [0.5, 0.6) is 0 Å². The maximum atomic E-state index is 12.2. The van der Waals surface area contributed by atoms with Gasteiger partial charge in [0, 0.05) is 25.6 Å². The average Bonchev–Trinajstić information content (AvgIpc) is 3.12. The first-order valence-corrected chi connectivity index (χ1v) is 7.31. The minimum Gasteiger partial charge on any atom is -0.391 e. The van der Waals surface area contributed by atoms with Crippen molar-refractivity contribution in [1.29, 1.82) is 0 Å². The van der Waals surface area contributed by atoms with E-state index in [0.29, 0.717) is 31.0 Å². The summed E-state index contributed by atoms with van der Waals surface area (Å²) >= 11 is 0. The largest absolute Gasteiger partial charge is 0.391 e. The highest BCUT2D eigenvalue weighted by molar-refractivity contribution is 5.93. The molecule has 2 unspecified atom stereocenters. The fourth-order valence-corrected chi connectivity index (χ4v) is 2.59. The first kappa shape index (κ1) is 17.4. The van der Waals surface area contributed by atoms with Crippen molar-refractivity contribution in [2.75, 3.05) is 19.6 Å². The summed E-state index contributed by atoms with van der Waals surface area (Å²) in [5.41, 5.74) is 1.86. The second-order valence-electron chi connectivity index (χ2n) is 5.47. The molecule has 2 atom stereocenters. The summed E-state index contributed by atoms with van der Waals surface area (Å²) in [4.78, 5) is 12.2. The monoisotopic (exact) mass is 337 g/mol. The van der Waals surface area contributed by atoms with Crippen LogP contribution in [0.15, 0.2) is 30.3 Å². The Bertz CT molecular complexity index is 661. The Labute approximate surface area is 140 Å². The van der Waals surface area contributed by atoms with Crippen LogP contribution in [0.4, 0.5) is 0 Å². The van der Waals surface area contributed by atoms with Crippen molar-refractivity contribution in [2.24, 2.45) is 5.92 Å². The summed E-state index contributed by atoms with van der Waals surface area (Å²) in [5, 5.41) is 23.7. The van der Waals surface area contributed by atoms with Crippen molar-refractivity contribution in [3.05, 3.63) is 41.7 Å². The zero-order chi connectivity index (χ0) is 15.5. The van der Waals surface area contributed by atoms with E-state index in [1.807, 2.05) is 37.3 Å². The molecule has 1 saturated heterocycles. The molecule has 1 aliphatic rings. The topological polar surface area (TPSA) is 92.1 Å². The lowest BCUT2D eigenvalue weighted by Crippen LogP contribution is -2.34. The minimum absolute atomic E-state index is 0. The van der Waals surface area contributed by atoms with Crippen LogP contribution >= 0.6 is 12.4 Å². The molecule has 23 heavy (non-hydrogen) atoms. The van der Waals surface area contributed by atoms with Gasteiger partial charge in [0.2, 0.25) is 0 Å². The van der Waals surface area contributed by atoms with Gasteiger partial charge in [-0.3, -0.25) is 4.79 Å². The molecular formula is C15H20ClN5O2. The van der Waals surface area contributed by atoms with Crippen LogP contribution in [0.1, 0.15) is 16.2 Å².